The monoisotopic (exact) mass is 292 g/mol. The van der Waals surface area contributed by atoms with Gasteiger partial charge in [-0.1, -0.05) is 19.1 Å². The van der Waals surface area contributed by atoms with Crippen LogP contribution >= 0.6 is 0 Å². The van der Waals surface area contributed by atoms with E-state index in [-0.39, 0.29) is 11.4 Å². The minimum Gasteiger partial charge on any atom is -0.480 e. The summed E-state index contributed by atoms with van der Waals surface area (Å²) in [6.07, 6.45) is 2.57. The molecule has 21 heavy (non-hydrogen) atoms. The Morgan fingerprint density at radius 2 is 2.05 bits per heavy atom. The zero-order chi connectivity index (χ0) is 15.6. The number of nitro groups is 1. The maximum atomic E-state index is 11.7. The first-order chi connectivity index (χ1) is 9.85. The maximum Gasteiger partial charge on any atom is 0.329 e. The highest BCUT2D eigenvalue weighted by molar-refractivity contribution is 5.84. The molecule has 0 atom stereocenters. The molecular weight excluding hydrogens is 272 g/mol. The molecule has 6 heteroatoms. The minimum absolute atomic E-state index is 0.0447. The van der Waals surface area contributed by atoms with E-state index in [1.165, 1.54) is 0 Å². The summed E-state index contributed by atoms with van der Waals surface area (Å²) >= 11 is 0. The Balaban J connectivity index is 2.37. The van der Waals surface area contributed by atoms with Gasteiger partial charge in [-0.15, -0.1) is 0 Å². The average molecular weight is 292 g/mol. The molecule has 2 rings (SSSR count). The van der Waals surface area contributed by atoms with E-state index in [0.717, 1.165) is 12.8 Å². The summed E-state index contributed by atoms with van der Waals surface area (Å²) in [6, 6.07) is 4.93. The molecule has 0 heterocycles. The molecule has 1 aliphatic rings. The van der Waals surface area contributed by atoms with Crippen LogP contribution in [-0.2, 0) is 4.79 Å². The Labute approximate surface area is 123 Å². The summed E-state index contributed by atoms with van der Waals surface area (Å²) in [5, 5.41) is 23.8. The standard InChI is InChI=1S/C15H20N2O4/c1-10-6-8-15(9-7-10,14(18)19)16-12-5-3-4-11(2)13(12)17(20)21/h3-5,10,16H,6-9H2,1-2H3,(H,18,19). The number of carbonyl (C=O) groups is 1. The molecule has 1 fully saturated rings. The molecule has 0 saturated heterocycles. The molecule has 1 saturated carbocycles. The molecule has 2 N–H and O–H groups in total. The van der Waals surface area contributed by atoms with Crippen molar-refractivity contribution in [3.63, 3.8) is 0 Å². The van der Waals surface area contributed by atoms with Crippen molar-refractivity contribution in [2.24, 2.45) is 5.92 Å². The van der Waals surface area contributed by atoms with Gasteiger partial charge in [0.2, 0.25) is 0 Å². The van der Waals surface area contributed by atoms with Gasteiger partial charge in [-0.2, -0.15) is 0 Å². The lowest BCUT2D eigenvalue weighted by molar-refractivity contribution is -0.384. The topological polar surface area (TPSA) is 92.5 Å². The van der Waals surface area contributed by atoms with Crippen molar-refractivity contribution in [1.29, 1.82) is 0 Å². The van der Waals surface area contributed by atoms with Crippen molar-refractivity contribution in [3.8, 4) is 0 Å². The highest BCUT2D eigenvalue weighted by Crippen LogP contribution is 2.38. The van der Waals surface area contributed by atoms with Crippen LogP contribution in [0.2, 0.25) is 0 Å². The summed E-state index contributed by atoms with van der Waals surface area (Å²) < 4.78 is 0. The Morgan fingerprint density at radius 3 is 2.57 bits per heavy atom. The zero-order valence-electron chi connectivity index (χ0n) is 12.3. The zero-order valence-corrected chi connectivity index (χ0v) is 12.3. The molecule has 0 aromatic heterocycles. The molecule has 0 bridgehead atoms. The molecular formula is C15H20N2O4. The van der Waals surface area contributed by atoms with Gasteiger partial charge in [0.25, 0.3) is 5.69 Å². The molecule has 0 radical (unpaired) electrons. The van der Waals surface area contributed by atoms with Gasteiger partial charge in [-0.25, -0.2) is 4.79 Å². The number of para-hydroxylation sites is 1. The van der Waals surface area contributed by atoms with Crippen molar-refractivity contribution in [3.05, 3.63) is 33.9 Å². The van der Waals surface area contributed by atoms with Crippen molar-refractivity contribution in [1.82, 2.24) is 0 Å². The molecule has 6 nitrogen and oxygen atoms in total. The summed E-state index contributed by atoms with van der Waals surface area (Å²) in [5.74, 6) is -0.447. The van der Waals surface area contributed by atoms with Crippen LogP contribution in [0.3, 0.4) is 0 Å². The number of nitrogens with zero attached hydrogens (tertiary/aromatic N) is 1. The molecule has 1 aromatic rings. The number of hydrogen-bond donors (Lipinski definition) is 2. The van der Waals surface area contributed by atoms with Crippen LogP contribution in [0.1, 0.15) is 38.2 Å². The van der Waals surface area contributed by atoms with Gasteiger partial charge in [0.05, 0.1) is 4.92 Å². The normalized spacial score (nSPS) is 25.3. The highest BCUT2D eigenvalue weighted by atomic mass is 16.6. The lowest BCUT2D eigenvalue weighted by atomic mass is 9.77. The largest absolute Gasteiger partial charge is 0.480 e. The first kappa shape index (κ1) is 15.3. The van der Waals surface area contributed by atoms with E-state index in [2.05, 4.69) is 12.2 Å². The van der Waals surface area contributed by atoms with Crippen LogP contribution in [0.5, 0.6) is 0 Å². The Morgan fingerprint density at radius 1 is 1.43 bits per heavy atom. The number of carboxylic acid groups (broad SMARTS) is 1. The van der Waals surface area contributed by atoms with Crippen LogP contribution < -0.4 is 5.32 Å². The summed E-state index contributed by atoms with van der Waals surface area (Å²) in [7, 11) is 0. The fourth-order valence-electron chi connectivity index (χ4n) is 2.91. The molecule has 114 valence electrons. The van der Waals surface area contributed by atoms with E-state index in [1.807, 2.05) is 0 Å². The summed E-state index contributed by atoms with van der Waals surface area (Å²) in [4.78, 5) is 22.5. The Kier molecular flexibility index (Phi) is 4.16. The van der Waals surface area contributed by atoms with Crippen molar-refractivity contribution >= 4 is 17.3 Å². The predicted octanol–water partition coefficient (Wildman–Crippen LogP) is 3.35. The number of aliphatic carboxylic acids is 1. The second-order valence-corrected chi connectivity index (χ2v) is 5.92. The third-order valence-corrected chi connectivity index (χ3v) is 4.33. The predicted molar refractivity (Wildman–Crippen MR) is 79.5 cm³/mol. The van der Waals surface area contributed by atoms with E-state index in [9.17, 15) is 20.0 Å². The van der Waals surface area contributed by atoms with Crippen molar-refractivity contribution in [2.45, 2.75) is 45.1 Å². The lowest BCUT2D eigenvalue weighted by Crippen LogP contribution is -2.49. The third-order valence-electron chi connectivity index (χ3n) is 4.33. The first-order valence-corrected chi connectivity index (χ1v) is 7.11. The molecule has 0 amide bonds. The van der Waals surface area contributed by atoms with Gasteiger partial charge in [0, 0.05) is 5.56 Å². The number of benzene rings is 1. The van der Waals surface area contributed by atoms with Gasteiger partial charge in [0.15, 0.2) is 0 Å². The summed E-state index contributed by atoms with van der Waals surface area (Å²) in [5.41, 5.74) is -0.339. The van der Waals surface area contributed by atoms with Crippen LogP contribution in [0.15, 0.2) is 18.2 Å². The quantitative estimate of drug-likeness (QED) is 0.655. The van der Waals surface area contributed by atoms with E-state index in [1.54, 1.807) is 25.1 Å². The van der Waals surface area contributed by atoms with E-state index >= 15 is 0 Å². The number of rotatable bonds is 4. The minimum atomic E-state index is -1.11. The van der Waals surface area contributed by atoms with Gasteiger partial charge in [-0.3, -0.25) is 10.1 Å². The number of nitrogens with one attached hydrogen (secondary N) is 1. The van der Waals surface area contributed by atoms with Gasteiger partial charge < -0.3 is 10.4 Å². The number of aryl methyl sites for hydroxylation is 1. The number of anilines is 1. The second-order valence-electron chi connectivity index (χ2n) is 5.92. The van der Waals surface area contributed by atoms with Crippen molar-refractivity contribution in [2.75, 3.05) is 5.32 Å². The van der Waals surface area contributed by atoms with E-state index < -0.39 is 16.4 Å². The first-order valence-electron chi connectivity index (χ1n) is 7.11. The fourth-order valence-corrected chi connectivity index (χ4v) is 2.91. The summed E-state index contributed by atoms with van der Waals surface area (Å²) in [6.45, 7) is 3.75. The number of hydrogen-bond acceptors (Lipinski definition) is 4. The van der Waals surface area contributed by atoms with Gasteiger partial charge in [0.1, 0.15) is 11.2 Å². The maximum absolute atomic E-state index is 11.7. The molecule has 0 unspecified atom stereocenters. The van der Waals surface area contributed by atoms with Gasteiger partial charge in [-0.05, 0) is 44.6 Å². The smallest absolute Gasteiger partial charge is 0.329 e. The number of carboxylic acids is 1. The van der Waals surface area contributed by atoms with Crippen molar-refractivity contribution < 1.29 is 14.8 Å². The average Bonchev–Trinajstić information content (AvgIpc) is 2.41. The molecule has 1 aliphatic carbocycles. The van der Waals surface area contributed by atoms with Crippen LogP contribution in [0.4, 0.5) is 11.4 Å². The molecule has 0 spiro atoms. The van der Waals surface area contributed by atoms with Crippen LogP contribution in [-0.4, -0.2) is 21.5 Å². The molecule has 1 aromatic carbocycles. The van der Waals surface area contributed by atoms with Gasteiger partial charge >= 0.3 is 5.97 Å². The Hall–Kier alpha value is -2.11. The number of nitro benzene ring substituents is 1. The van der Waals surface area contributed by atoms with Crippen LogP contribution in [0, 0.1) is 23.0 Å². The SMILES string of the molecule is Cc1cccc(NC2(C(=O)O)CCC(C)CC2)c1[N+](=O)[O-]. The third kappa shape index (κ3) is 2.99. The second kappa shape index (κ2) is 5.71. The van der Waals surface area contributed by atoms with E-state index in [0.29, 0.717) is 24.3 Å². The van der Waals surface area contributed by atoms with E-state index in [4.69, 9.17) is 0 Å². The van der Waals surface area contributed by atoms with Crippen LogP contribution in [0.25, 0.3) is 0 Å². The highest BCUT2D eigenvalue weighted by Gasteiger charge is 2.42. The fraction of sp³-hybridized carbons (Fsp3) is 0.533. The lowest BCUT2D eigenvalue weighted by Gasteiger charge is -2.37. The molecule has 0 aliphatic heterocycles. The Bertz CT molecular complexity index is 563.